The number of alkyl halides is 2. The maximum atomic E-state index is 12.2. The summed E-state index contributed by atoms with van der Waals surface area (Å²) in [4.78, 5) is 12.6. The molecule has 0 fully saturated rings. The van der Waals surface area contributed by atoms with E-state index in [1.807, 2.05) is 0 Å². The van der Waals surface area contributed by atoms with Crippen LogP contribution in [0.1, 0.15) is 28.2 Å². The van der Waals surface area contributed by atoms with Gasteiger partial charge in [-0.15, -0.1) is 11.3 Å². The molecule has 1 aromatic heterocycles. The Hall–Kier alpha value is -1.47. The van der Waals surface area contributed by atoms with E-state index in [0.717, 1.165) is 3.79 Å². The van der Waals surface area contributed by atoms with Crippen molar-refractivity contribution in [2.75, 3.05) is 0 Å². The molecule has 0 bridgehead atoms. The van der Waals surface area contributed by atoms with Crippen molar-refractivity contribution < 1.29 is 18.3 Å². The highest BCUT2D eigenvalue weighted by Crippen LogP contribution is 2.24. The standard InChI is InChI=1S/C14H12BrF2NO2S/c1-8(18-13(19)11-5-6-12(15)21-11)9-3-2-4-10(7-9)20-14(16)17/h2-8,14H,1H3,(H,18,19). The molecule has 1 aromatic carbocycles. The van der Waals surface area contributed by atoms with E-state index in [9.17, 15) is 13.6 Å². The molecule has 2 rings (SSSR count). The monoisotopic (exact) mass is 375 g/mol. The summed E-state index contributed by atoms with van der Waals surface area (Å²) < 4.78 is 29.6. The summed E-state index contributed by atoms with van der Waals surface area (Å²) in [5.41, 5.74) is 0.692. The molecule has 2 aromatic rings. The lowest BCUT2D eigenvalue weighted by molar-refractivity contribution is -0.0499. The molecule has 0 aliphatic heterocycles. The van der Waals surface area contributed by atoms with Gasteiger partial charge in [0.25, 0.3) is 5.91 Å². The average Bonchev–Trinajstić information content (AvgIpc) is 2.85. The lowest BCUT2D eigenvalue weighted by atomic mass is 10.1. The summed E-state index contributed by atoms with van der Waals surface area (Å²) in [6, 6.07) is 9.47. The molecule has 0 saturated heterocycles. The molecule has 7 heteroatoms. The van der Waals surface area contributed by atoms with Gasteiger partial charge in [0, 0.05) is 0 Å². The first kappa shape index (κ1) is 15.9. The number of amides is 1. The van der Waals surface area contributed by atoms with Crippen LogP contribution in [0.15, 0.2) is 40.2 Å². The van der Waals surface area contributed by atoms with E-state index in [-0.39, 0.29) is 17.7 Å². The molecule has 1 atom stereocenters. The summed E-state index contributed by atoms with van der Waals surface area (Å²) in [6.45, 7) is -1.09. The van der Waals surface area contributed by atoms with Gasteiger partial charge >= 0.3 is 6.61 Å². The lowest BCUT2D eigenvalue weighted by Gasteiger charge is -2.15. The number of carbonyl (C=O) groups excluding carboxylic acids is 1. The summed E-state index contributed by atoms with van der Waals surface area (Å²) in [6.07, 6.45) is 0. The molecule has 0 spiro atoms. The number of ether oxygens (including phenoxy) is 1. The molecule has 1 unspecified atom stereocenters. The smallest absolute Gasteiger partial charge is 0.387 e. The molecule has 1 heterocycles. The average molecular weight is 376 g/mol. The number of carbonyl (C=O) groups is 1. The Kier molecular flexibility index (Phi) is 5.30. The second-order valence-corrected chi connectivity index (χ2v) is 6.71. The van der Waals surface area contributed by atoms with Gasteiger partial charge < -0.3 is 10.1 Å². The van der Waals surface area contributed by atoms with Crippen LogP contribution in [-0.4, -0.2) is 12.5 Å². The minimum absolute atomic E-state index is 0.0717. The Morgan fingerprint density at radius 2 is 2.10 bits per heavy atom. The Bertz CT molecular complexity index is 633. The van der Waals surface area contributed by atoms with Crippen molar-refractivity contribution in [2.45, 2.75) is 19.6 Å². The summed E-state index contributed by atoms with van der Waals surface area (Å²) in [5.74, 6) is -0.138. The van der Waals surface area contributed by atoms with Crippen LogP contribution < -0.4 is 10.1 Å². The number of halogens is 3. The molecule has 0 aliphatic carbocycles. The molecule has 0 radical (unpaired) electrons. The summed E-state index contributed by atoms with van der Waals surface area (Å²) in [5, 5.41) is 2.81. The van der Waals surface area contributed by atoms with E-state index in [2.05, 4.69) is 26.0 Å². The molecule has 1 amide bonds. The van der Waals surface area contributed by atoms with Crippen LogP contribution in [0.4, 0.5) is 8.78 Å². The van der Waals surface area contributed by atoms with Crippen molar-refractivity contribution in [3.8, 4) is 5.75 Å². The van der Waals surface area contributed by atoms with Crippen molar-refractivity contribution in [3.63, 3.8) is 0 Å². The molecule has 3 nitrogen and oxygen atoms in total. The van der Waals surface area contributed by atoms with Gasteiger partial charge in [-0.1, -0.05) is 12.1 Å². The minimum Gasteiger partial charge on any atom is -0.435 e. The third-order valence-corrected chi connectivity index (χ3v) is 4.35. The molecule has 0 aliphatic rings. The van der Waals surface area contributed by atoms with Crippen molar-refractivity contribution in [1.82, 2.24) is 5.32 Å². The first-order chi connectivity index (χ1) is 9.95. The number of hydrogen-bond acceptors (Lipinski definition) is 3. The van der Waals surface area contributed by atoms with Crippen LogP contribution in [0.2, 0.25) is 0 Å². The van der Waals surface area contributed by atoms with E-state index >= 15 is 0 Å². The van der Waals surface area contributed by atoms with E-state index in [4.69, 9.17) is 0 Å². The SMILES string of the molecule is CC(NC(=O)c1ccc(Br)s1)c1cccc(OC(F)F)c1. The Labute approximate surface area is 133 Å². The zero-order valence-electron chi connectivity index (χ0n) is 11.0. The summed E-state index contributed by atoms with van der Waals surface area (Å²) >= 11 is 4.62. The van der Waals surface area contributed by atoms with Gasteiger partial charge in [-0.25, -0.2) is 0 Å². The van der Waals surface area contributed by atoms with Gasteiger partial charge in [0.1, 0.15) is 5.75 Å². The first-order valence-corrected chi connectivity index (χ1v) is 7.67. The first-order valence-electron chi connectivity index (χ1n) is 6.06. The van der Waals surface area contributed by atoms with Crippen LogP contribution in [-0.2, 0) is 0 Å². The van der Waals surface area contributed by atoms with Gasteiger partial charge in [0.15, 0.2) is 0 Å². The molecule has 21 heavy (non-hydrogen) atoms. The third kappa shape index (κ3) is 4.50. The number of rotatable bonds is 5. The number of nitrogens with one attached hydrogen (secondary N) is 1. The van der Waals surface area contributed by atoms with Crippen molar-refractivity contribution >= 4 is 33.2 Å². The topological polar surface area (TPSA) is 38.3 Å². The van der Waals surface area contributed by atoms with Crippen LogP contribution in [0.5, 0.6) is 5.75 Å². The van der Waals surface area contributed by atoms with Crippen molar-refractivity contribution in [2.24, 2.45) is 0 Å². The van der Waals surface area contributed by atoms with E-state index in [0.29, 0.717) is 10.4 Å². The lowest BCUT2D eigenvalue weighted by Crippen LogP contribution is -2.25. The third-order valence-electron chi connectivity index (χ3n) is 2.73. The van der Waals surface area contributed by atoms with E-state index in [1.54, 1.807) is 31.2 Å². The highest BCUT2D eigenvalue weighted by molar-refractivity contribution is 9.11. The van der Waals surface area contributed by atoms with Crippen molar-refractivity contribution in [3.05, 3.63) is 50.6 Å². The molecule has 1 N–H and O–H groups in total. The van der Waals surface area contributed by atoms with Gasteiger partial charge in [0.2, 0.25) is 0 Å². The fourth-order valence-corrected chi connectivity index (χ4v) is 3.04. The summed E-state index contributed by atoms with van der Waals surface area (Å²) in [7, 11) is 0. The molecule has 0 saturated carbocycles. The normalized spacial score (nSPS) is 12.2. The Morgan fingerprint density at radius 3 is 2.71 bits per heavy atom. The van der Waals surface area contributed by atoms with Crippen LogP contribution in [0.3, 0.4) is 0 Å². The fraction of sp³-hybridized carbons (Fsp3) is 0.214. The predicted octanol–water partition coefficient (Wildman–Crippen LogP) is 4.60. The molecular weight excluding hydrogens is 364 g/mol. The van der Waals surface area contributed by atoms with Crippen LogP contribution in [0.25, 0.3) is 0 Å². The Balaban J connectivity index is 2.06. The maximum absolute atomic E-state index is 12.2. The number of benzene rings is 1. The van der Waals surface area contributed by atoms with Gasteiger partial charge in [-0.3, -0.25) is 4.79 Å². The number of thiophene rings is 1. The number of hydrogen-bond donors (Lipinski definition) is 1. The quantitative estimate of drug-likeness (QED) is 0.828. The molecular formula is C14H12BrF2NO2S. The fourth-order valence-electron chi connectivity index (χ4n) is 1.75. The van der Waals surface area contributed by atoms with Crippen molar-refractivity contribution in [1.29, 1.82) is 0 Å². The van der Waals surface area contributed by atoms with Gasteiger partial charge in [-0.05, 0) is 52.7 Å². The van der Waals surface area contributed by atoms with E-state index in [1.165, 1.54) is 23.5 Å². The predicted molar refractivity (Wildman–Crippen MR) is 81.0 cm³/mol. The zero-order chi connectivity index (χ0) is 15.4. The zero-order valence-corrected chi connectivity index (χ0v) is 13.4. The highest BCUT2D eigenvalue weighted by atomic mass is 79.9. The van der Waals surface area contributed by atoms with Crippen LogP contribution in [0, 0.1) is 0 Å². The maximum Gasteiger partial charge on any atom is 0.387 e. The van der Waals surface area contributed by atoms with Gasteiger partial charge in [-0.2, -0.15) is 8.78 Å². The molecule has 112 valence electrons. The minimum atomic E-state index is -2.87. The highest BCUT2D eigenvalue weighted by Gasteiger charge is 2.14. The van der Waals surface area contributed by atoms with Gasteiger partial charge in [0.05, 0.1) is 14.7 Å². The van der Waals surface area contributed by atoms with Crippen LogP contribution >= 0.6 is 27.3 Å². The van der Waals surface area contributed by atoms with E-state index < -0.39 is 6.61 Å². The second kappa shape index (κ2) is 7.00. The Morgan fingerprint density at radius 1 is 1.33 bits per heavy atom. The largest absolute Gasteiger partial charge is 0.435 e. The second-order valence-electron chi connectivity index (χ2n) is 4.25.